The van der Waals surface area contributed by atoms with Crippen LogP contribution in [-0.4, -0.2) is 32.5 Å². The zero-order valence-corrected chi connectivity index (χ0v) is 17.1. The van der Waals surface area contributed by atoms with E-state index in [0.717, 1.165) is 35.2 Å². The Morgan fingerprint density at radius 2 is 1.69 bits per heavy atom. The fourth-order valence-electron chi connectivity index (χ4n) is 3.55. The number of nitrogens with one attached hydrogen (secondary N) is 2. The van der Waals surface area contributed by atoms with Crippen molar-refractivity contribution >= 4 is 23.4 Å². The van der Waals surface area contributed by atoms with Gasteiger partial charge in [0.25, 0.3) is 0 Å². The van der Waals surface area contributed by atoms with Gasteiger partial charge >= 0.3 is 0 Å². The van der Waals surface area contributed by atoms with Crippen molar-refractivity contribution in [3.63, 3.8) is 0 Å². The maximum atomic E-state index is 12.3. The Bertz CT molecular complexity index is 923. The van der Waals surface area contributed by atoms with Crippen LogP contribution in [0.25, 0.3) is 5.69 Å². The molecule has 29 heavy (non-hydrogen) atoms. The second-order valence-corrected chi connectivity index (χ2v) is 8.07. The number of para-hydroxylation sites is 2. The van der Waals surface area contributed by atoms with Gasteiger partial charge in [0.2, 0.25) is 5.91 Å². The Kier molecular flexibility index (Phi) is 6.46. The molecule has 0 aliphatic heterocycles. The van der Waals surface area contributed by atoms with Crippen molar-refractivity contribution in [3.8, 4) is 5.69 Å². The second-order valence-electron chi connectivity index (χ2n) is 7.13. The molecule has 0 atom stereocenters. The Balaban J connectivity index is 1.47. The average molecular weight is 408 g/mol. The molecule has 6 nitrogen and oxygen atoms in total. The summed E-state index contributed by atoms with van der Waals surface area (Å²) in [4.78, 5) is 12.3. The van der Waals surface area contributed by atoms with Gasteiger partial charge in [-0.15, -0.1) is 10.2 Å². The number of anilines is 1. The summed E-state index contributed by atoms with van der Waals surface area (Å²) >= 11 is 1.43. The van der Waals surface area contributed by atoms with Gasteiger partial charge in [-0.2, -0.15) is 0 Å². The van der Waals surface area contributed by atoms with E-state index in [9.17, 15) is 4.79 Å². The van der Waals surface area contributed by atoms with Crippen LogP contribution in [0.3, 0.4) is 0 Å². The Morgan fingerprint density at radius 1 is 1.00 bits per heavy atom. The van der Waals surface area contributed by atoms with Crippen molar-refractivity contribution in [2.45, 2.75) is 43.4 Å². The minimum Gasteiger partial charge on any atom is -0.378 e. The summed E-state index contributed by atoms with van der Waals surface area (Å²) in [5.74, 6) is 1.21. The molecule has 1 aliphatic rings. The van der Waals surface area contributed by atoms with Crippen LogP contribution in [0.5, 0.6) is 0 Å². The number of hydrogen-bond acceptors (Lipinski definition) is 5. The smallest absolute Gasteiger partial charge is 0.230 e. The molecule has 1 amide bonds. The number of rotatable bonds is 8. The molecular weight excluding hydrogens is 382 g/mol. The molecule has 150 valence electrons. The van der Waals surface area contributed by atoms with E-state index in [2.05, 4.69) is 20.8 Å². The Labute approximate surface area is 175 Å². The predicted octanol–water partition coefficient (Wildman–Crippen LogP) is 4.03. The van der Waals surface area contributed by atoms with Crippen molar-refractivity contribution < 1.29 is 4.79 Å². The van der Waals surface area contributed by atoms with Crippen LogP contribution in [0.15, 0.2) is 65.8 Å². The van der Waals surface area contributed by atoms with Crippen LogP contribution in [-0.2, 0) is 11.3 Å². The normalized spacial score (nSPS) is 14.1. The van der Waals surface area contributed by atoms with E-state index < -0.39 is 0 Å². The van der Waals surface area contributed by atoms with E-state index in [1.807, 2.05) is 65.2 Å². The van der Waals surface area contributed by atoms with Crippen molar-refractivity contribution in [1.82, 2.24) is 20.1 Å². The molecule has 0 unspecified atom stereocenters. The van der Waals surface area contributed by atoms with Crippen LogP contribution >= 0.6 is 11.8 Å². The van der Waals surface area contributed by atoms with Gasteiger partial charge in [0.05, 0.1) is 12.3 Å². The molecule has 1 heterocycles. The van der Waals surface area contributed by atoms with Gasteiger partial charge in [0.1, 0.15) is 0 Å². The number of benzene rings is 2. The molecule has 1 aromatic heterocycles. The summed E-state index contributed by atoms with van der Waals surface area (Å²) in [6, 6.07) is 20.4. The third-order valence-electron chi connectivity index (χ3n) is 4.99. The zero-order chi connectivity index (χ0) is 19.9. The molecule has 0 spiro atoms. The fraction of sp³-hybridized carbons (Fsp3) is 0.318. The van der Waals surface area contributed by atoms with E-state index >= 15 is 0 Å². The molecule has 1 aliphatic carbocycles. The summed E-state index contributed by atoms with van der Waals surface area (Å²) in [6.07, 6.45) is 4.59. The van der Waals surface area contributed by atoms with Crippen molar-refractivity contribution in [1.29, 1.82) is 0 Å². The molecule has 0 radical (unpaired) electrons. The number of carbonyl (C=O) groups is 1. The molecule has 2 N–H and O–H groups in total. The second kappa shape index (κ2) is 9.60. The van der Waals surface area contributed by atoms with E-state index in [-0.39, 0.29) is 5.91 Å². The van der Waals surface area contributed by atoms with Crippen molar-refractivity contribution in [2.24, 2.45) is 0 Å². The van der Waals surface area contributed by atoms with Gasteiger partial charge in [-0.1, -0.05) is 61.0 Å². The van der Waals surface area contributed by atoms with Gasteiger partial charge in [-0.3, -0.25) is 9.36 Å². The predicted molar refractivity (Wildman–Crippen MR) is 116 cm³/mol. The monoisotopic (exact) mass is 407 g/mol. The lowest BCUT2D eigenvalue weighted by Gasteiger charge is -2.13. The summed E-state index contributed by atoms with van der Waals surface area (Å²) in [5.41, 5.74) is 2.02. The quantitative estimate of drug-likeness (QED) is 0.552. The minimum absolute atomic E-state index is 0.0634. The molecular formula is C22H25N5OS. The molecule has 7 heteroatoms. The van der Waals surface area contributed by atoms with Gasteiger partial charge < -0.3 is 10.6 Å². The molecule has 0 saturated heterocycles. The first-order valence-electron chi connectivity index (χ1n) is 10.0. The zero-order valence-electron chi connectivity index (χ0n) is 16.3. The highest BCUT2D eigenvalue weighted by Gasteiger charge is 2.19. The minimum atomic E-state index is 0.0634. The highest BCUT2D eigenvalue weighted by Crippen LogP contribution is 2.23. The van der Waals surface area contributed by atoms with Crippen molar-refractivity contribution in [3.05, 3.63) is 66.5 Å². The number of hydrogen-bond donors (Lipinski definition) is 2. The third-order valence-corrected chi connectivity index (χ3v) is 5.92. The Morgan fingerprint density at radius 3 is 2.41 bits per heavy atom. The molecule has 2 aromatic carbocycles. The summed E-state index contributed by atoms with van der Waals surface area (Å²) in [7, 11) is 0. The summed E-state index contributed by atoms with van der Waals surface area (Å²) in [6.45, 7) is 0.542. The van der Waals surface area contributed by atoms with E-state index in [4.69, 9.17) is 0 Å². The third kappa shape index (κ3) is 5.17. The molecule has 1 saturated carbocycles. The molecule has 3 aromatic rings. The fourth-order valence-corrected chi connectivity index (χ4v) is 4.33. The molecule has 1 fully saturated rings. The lowest BCUT2D eigenvalue weighted by molar-refractivity contribution is -0.119. The van der Waals surface area contributed by atoms with Gasteiger partial charge in [-0.25, -0.2) is 0 Å². The Hall–Kier alpha value is -2.80. The van der Waals surface area contributed by atoms with Gasteiger partial charge in [-0.05, 0) is 37.1 Å². The van der Waals surface area contributed by atoms with Crippen LogP contribution in [0, 0.1) is 0 Å². The number of amides is 1. The van der Waals surface area contributed by atoms with E-state index in [1.54, 1.807) is 0 Å². The number of aromatic nitrogens is 3. The first kappa shape index (κ1) is 19.5. The lowest BCUT2D eigenvalue weighted by atomic mass is 10.2. The lowest BCUT2D eigenvalue weighted by Crippen LogP contribution is -2.33. The first-order valence-corrected chi connectivity index (χ1v) is 11.0. The highest BCUT2D eigenvalue weighted by atomic mass is 32.2. The molecule has 0 bridgehead atoms. The van der Waals surface area contributed by atoms with Gasteiger partial charge in [0, 0.05) is 17.4 Å². The SMILES string of the molecule is O=C(CSc1nnc(CNc2ccccc2)n1-c1ccccc1)NC1CCCC1. The number of carbonyl (C=O) groups excluding carboxylic acids is 1. The average Bonchev–Trinajstić information content (AvgIpc) is 3.42. The summed E-state index contributed by atoms with van der Waals surface area (Å²) in [5, 5.41) is 16.0. The topological polar surface area (TPSA) is 71.8 Å². The first-order chi connectivity index (χ1) is 14.3. The van der Waals surface area contributed by atoms with Crippen LogP contribution in [0.4, 0.5) is 5.69 Å². The van der Waals surface area contributed by atoms with Crippen LogP contribution in [0.1, 0.15) is 31.5 Å². The largest absolute Gasteiger partial charge is 0.378 e. The van der Waals surface area contributed by atoms with E-state index in [0.29, 0.717) is 18.3 Å². The molecule has 4 rings (SSSR count). The van der Waals surface area contributed by atoms with Gasteiger partial charge in [0.15, 0.2) is 11.0 Å². The van der Waals surface area contributed by atoms with Crippen molar-refractivity contribution in [2.75, 3.05) is 11.1 Å². The van der Waals surface area contributed by atoms with Crippen LogP contribution in [0.2, 0.25) is 0 Å². The van der Waals surface area contributed by atoms with Crippen LogP contribution < -0.4 is 10.6 Å². The maximum Gasteiger partial charge on any atom is 0.230 e. The standard InChI is InChI=1S/C22H25N5OS/c28-21(24-18-11-7-8-12-18)16-29-22-26-25-20(15-23-17-9-3-1-4-10-17)27(22)19-13-5-2-6-14-19/h1-6,9-10,13-14,18,23H,7-8,11-12,15-16H2,(H,24,28). The summed E-state index contributed by atoms with van der Waals surface area (Å²) < 4.78 is 2.02. The number of thioether (sulfide) groups is 1. The van der Waals surface area contributed by atoms with E-state index in [1.165, 1.54) is 24.6 Å². The number of nitrogens with zero attached hydrogens (tertiary/aromatic N) is 3. The highest BCUT2D eigenvalue weighted by molar-refractivity contribution is 7.99. The maximum absolute atomic E-state index is 12.3.